The number of hydrogen-bond donors (Lipinski definition) is 2. The third-order valence-electron chi connectivity index (χ3n) is 3.68. The predicted octanol–water partition coefficient (Wildman–Crippen LogP) is 2.18. The normalized spacial score (nSPS) is 17.9. The van der Waals surface area contributed by atoms with Gasteiger partial charge in [0.15, 0.2) is 0 Å². The second-order valence-corrected chi connectivity index (χ2v) is 6.00. The van der Waals surface area contributed by atoms with E-state index in [1.807, 2.05) is 5.38 Å². The van der Waals surface area contributed by atoms with Gasteiger partial charge in [0.25, 0.3) is 0 Å². The van der Waals surface area contributed by atoms with Gasteiger partial charge < -0.3 is 10.4 Å². The molecule has 5 nitrogen and oxygen atoms in total. The first-order valence-corrected chi connectivity index (χ1v) is 7.39. The first-order valence-electron chi connectivity index (χ1n) is 6.51. The lowest BCUT2D eigenvalue weighted by Gasteiger charge is -2.32. The van der Waals surface area contributed by atoms with Crippen molar-refractivity contribution in [2.45, 2.75) is 45.1 Å². The van der Waals surface area contributed by atoms with Crippen molar-refractivity contribution in [1.82, 2.24) is 10.3 Å². The highest BCUT2D eigenvalue weighted by molar-refractivity contribution is 7.09. The van der Waals surface area contributed by atoms with Crippen LogP contribution < -0.4 is 5.32 Å². The van der Waals surface area contributed by atoms with Crippen molar-refractivity contribution in [2.24, 2.45) is 5.41 Å². The molecule has 1 aromatic heterocycles. The highest BCUT2D eigenvalue weighted by Gasteiger charge is 2.41. The molecule has 1 saturated carbocycles. The van der Waals surface area contributed by atoms with Crippen molar-refractivity contribution in [3.8, 4) is 0 Å². The number of nitrogens with zero attached hydrogens (tertiary/aromatic N) is 1. The summed E-state index contributed by atoms with van der Waals surface area (Å²) in [5.41, 5.74) is -0.856. The molecule has 0 saturated heterocycles. The van der Waals surface area contributed by atoms with Gasteiger partial charge >= 0.3 is 5.97 Å². The van der Waals surface area contributed by atoms with E-state index in [0.717, 1.165) is 24.3 Å². The summed E-state index contributed by atoms with van der Waals surface area (Å²) in [6, 6.07) is 0. The molecule has 1 fully saturated rings. The molecule has 2 rings (SSSR count). The van der Waals surface area contributed by atoms with Gasteiger partial charge in [0.2, 0.25) is 5.91 Å². The molecule has 0 bridgehead atoms. The third-order valence-corrected chi connectivity index (χ3v) is 4.46. The zero-order valence-corrected chi connectivity index (χ0v) is 11.5. The van der Waals surface area contributed by atoms with Gasteiger partial charge in [-0.15, -0.1) is 11.3 Å². The van der Waals surface area contributed by atoms with Crippen LogP contribution in [0.15, 0.2) is 11.6 Å². The smallest absolute Gasteiger partial charge is 0.310 e. The Bertz CT molecular complexity index is 439. The quantitative estimate of drug-likeness (QED) is 0.867. The van der Waals surface area contributed by atoms with Crippen LogP contribution in [0.1, 0.15) is 43.5 Å². The van der Waals surface area contributed by atoms with Crippen molar-refractivity contribution in [1.29, 1.82) is 0 Å². The number of nitrogens with one attached hydrogen (secondary N) is 1. The van der Waals surface area contributed by atoms with Crippen molar-refractivity contribution < 1.29 is 14.7 Å². The summed E-state index contributed by atoms with van der Waals surface area (Å²) < 4.78 is 0. The molecule has 1 aromatic rings. The Morgan fingerprint density at radius 3 is 2.68 bits per heavy atom. The van der Waals surface area contributed by atoms with Gasteiger partial charge in [-0.2, -0.15) is 0 Å². The summed E-state index contributed by atoms with van der Waals surface area (Å²) in [6.45, 7) is 0.381. The molecule has 0 aliphatic heterocycles. The first kappa shape index (κ1) is 14.0. The highest BCUT2D eigenvalue weighted by Crippen LogP contribution is 2.39. The molecule has 0 spiro atoms. The van der Waals surface area contributed by atoms with Crippen LogP contribution >= 0.6 is 11.3 Å². The van der Waals surface area contributed by atoms with E-state index in [0.29, 0.717) is 19.4 Å². The lowest BCUT2D eigenvalue weighted by molar-refractivity contribution is -0.154. The zero-order valence-electron chi connectivity index (χ0n) is 10.7. The van der Waals surface area contributed by atoms with E-state index in [1.165, 1.54) is 11.3 Å². The largest absolute Gasteiger partial charge is 0.481 e. The summed E-state index contributed by atoms with van der Waals surface area (Å²) in [7, 11) is 0. The molecule has 0 atom stereocenters. The molecular formula is C13H18N2O3S. The van der Waals surface area contributed by atoms with Gasteiger partial charge in [-0.3, -0.25) is 9.59 Å². The fourth-order valence-electron chi connectivity index (χ4n) is 2.58. The summed E-state index contributed by atoms with van der Waals surface area (Å²) in [5.74, 6) is -1.03. The Morgan fingerprint density at radius 2 is 2.11 bits per heavy atom. The van der Waals surface area contributed by atoms with Gasteiger partial charge in [-0.1, -0.05) is 19.3 Å². The third kappa shape index (κ3) is 3.53. The number of hydrogen-bond acceptors (Lipinski definition) is 4. The predicted molar refractivity (Wildman–Crippen MR) is 71.7 cm³/mol. The summed E-state index contributed by atoms with van der Waals surface area (Å²) in [4.78, 5) is 27.4. The average Bonchev–Trinajstić information content (AvgIpc) is 2.90. The van der Waals surface area contributed by atoms with Crippen LogP contribution in [0.3, 0.4) is 0 Å². The van der Waals surface area contributed by atoms with Gasteiger partial charge in [0.1, 0.15) is 5.01 Å². The molecule has 0 radical (unpaired) electrons. The van der Waals surface area contributed by atoms with E-state index in [9.17, 15) is 14.7 Å². The number of carboxylic acids is 1. The zero-order chi connectivity index (χ0) is 13.7. The summed E-state index contributed by atoms with van der Waals surface area (Å²) in [5, 5.41) is 14.8. The van der Waals surface area contributed by atoms with Crippen molar-refractivity contribution in [3.63, 3.8) is 0 Å². The van der Waals surface area contributed by atoms with Gasteiger partial charge in [0.05, 0.1) is 12.0 Å². The van der Waals surface area contributed by atoms with Crippen LogP contribution in [0.4, 0.5) is 0 Å². The summed E-state index contributed by atoms with van der Waals surface area (Å²) >= 11 is 1.47. The molecule has 0 aromatic carbocycles. The minimum absolute atomic E-state index is 0.0771. The number of aliphatic carboxylic acids is 1. The fraction of sp³-hybridized carbons (Fsp3) is 0.615. The van der Waals surface area contributed by atoms with Crippen LogP contribution in [0, 0.1) is 5.41 Å². The first-order chi connectivity index (χ1) is 9.12. The minimum Gasteiger partial charge on any atom is -0.481 e. The van der Waals surface area contributed by atoms with Gasteiger partial charge in [-0.05, 0) is 12.8 Å². The Hall–Kier alpha value is -1.43. The average molecular weight is 282 g/mol. The molecule has 1 aliphatic carbocycles. The molecule has 0 unspecified atom stereocenters. The van der Waals surface area contributed by atoms with E-state index in [1.54, 1.807) is 6.20 Å². The number of carbonyl (C=O) groups excluding carboxylic acids is 1. The number of carbonyl (C=O) groups is 2. The van der Waals surface area contributed by atoms with E-state index < -0.39 is 11.4 Å². The van der Waals surface area contributed by atoms with Crippen LogP contribution in [-0.2, 0) is 16.1 Å². The lowest BCUT2D eigenvalue weighted by atomic mass is 9.71. The van der Waals surface area contributed by atoms with Crippen LogP contribution in [-0.4, -0.2) is 22.0 Å². The molecule has 104 valence electrons. The van der Waals surface area contributed by atoms with E-state index in [2.05, 4.69) is 10.3 Å². The molecular weight excluding hydrogens is 264 g/mol. The number of carboxylic acid groups (broad SMARTS) is 1. The molecule has 1 amide bonds. The number of rotatable bonds is 5. The molecule has 19 heavy (non-hydrogen) atoms. The topological polar surface area (TPSA) is 79.3 Å². The summed E-state index contributed by atoms with van der Waals surface area (Å²) in [6.07, 6.45) is 5.83. The molecule has 6 heteroatoms. The van der Waals surface area contributed by atoms with E-state index >= 15 is 0 Å². The maximum absolute atomic E-state index is 11.9. The van der Waals surface area contributed by atoms with E-state index in [-0.39, 0.29) is 12.3 Å². The Kier molecular flexibility index (Phi) is 4.52. The molecule has 1 aliphatic rings. The van der Waals surface area contributed by atoms with Gasteiger partial charge in [-0.25, -0.2) is 4.98 Å². The molecule has 1 heterocycles. The SMILES string of the molecule is O=C(CC1(C(=O)O)CCCCC1)NCc1nccs1. The fourth-order valence-corrected chi connectivity index (χ4v) is 3.14. The van der Waals surface area contributed by atoms with Crippen LogP contribution in [0.25, 0.3) is 0 Å². The lowest BCUT2D eigenvalue weighted by Crippen LogP contribution is -2.39. The number of thiazole rings is 1. The van der Waals surface area contributed by atoms with E-state index in [4.69, 9.17) is 0 Å². The maximum atomic E-state index is 11.9. The highest BCUT2D eigenvalue weighted by atomic mass is 32.1. The van der Waals surface area contributed by atoms with Crippen LogP contribution in [0.5, 0.6) is 0 Å². The standard InChI is InChI=1S/C13H18N2O3S/c16-10(15-9-11-14-6-7-19-11)8-13(12(17)18)4-2-1-3-5-13/h6-7H,1-5,8-9H2,(H,15,16)(H,17,18). The van der Waals surface area contributed by atoms with Crippen molar-refractivity contribution in [2.75, 3.05) is 0 Å². The number of aromatic nitrogens is 1. The molecule has 2 N–H and O–H groups in total. The minimum atomic E-state index is -0.856. The van der Waals surface area contributed by atoms with Crippen molar-refractivity contribution in [3.05, 3.63) is 16.6 Å². The number of amides is 1. The van der Waals surface area contributed by atoms with Crippen LogP contribution in [0.2, 0.25) is 0 Å². The Morgan fingerprint density at radius 1 is 1.37 bits per heavy atom. The Labute approximate surface area is 116 Å². The Balaban J connectivity index is 1.90. The maximum Gasteiger partial charge on any atom is 0.310 e. The monoisotopic (exact) mass is 282 g/mol. The second-order valence-electron chi connectivity index (χ2n) is 5.03. The second kappa shape index (κ2) is 6.14. The van der Waals surface area contributed by atoms with Gasteiger partial charge in [0, 0.05) is 18.0 Å². The van der Waals surface area contributed by atoms with Crippen molar-refractivity contribution >= 4 is 23.2 Å².